The second-order valence-electron chi connectivity index (χ2n) is 1.91. The zero-order chi connectivity index (χ0) is 7.40. The SMILES string of the molecule is CNCc1cn(NC)nn1. The summed E-state index contributed by atoms with van der Waals surface area (Å²) in [6.45, 7) is 0.752. The monoisotopic (exact) mass is 141 g/mol. The fourth-order valence-corrected chi connectivity index (χ4v) is 0.670. The Morgan fingerprint density at radius 3 is 2.90 bits per heavy atom. The van der Waals surface area contributed by atoms with Crippen LogP contribution in [0.25, 0.3) is 0 Å². The molecule has 1 aromatic heterocycles. The first-order chi connectivity index (χ1) is 4.86. The summed E-state index contributed by atoms with van der Waals surface area (Å²) < 4.78 is 0. The van der Waals surface area contributed by atoms with E-state index in [-0.39, 0.29) is 0 Å². The Balaban J connectivity index is 2.59. The molecule has 0 aliphatic rings. The van der Waals surface area contributed by atoms with E-state index in [1.54, 1.807) is 11.8 Å². The van der Waals surface area contributed by atoms with Crippen molar-refractivity contribution in [2.45, 2.75) is 6.54 Å². The second-order valence-corrected chi connectivity index (χ2v) is 1.91. The Morgan fingerprint density at radius 2 is 2.40 bits per heavy atom. The summed E-state index contributed by atoms with van der Waals surface area (Å²) in [6.07, 6.45) is 1.83. The van der Waals surface area contributed by atoms with Crippen LogP contribution in [0.5, 0.6) is 0 Å². The van der Waals surface area contributed by atoms with E-state index in [0.29, 0.717) is 0 Å². The van der Waals surface area contributed by atoms with Gasteiger partial charge >= 0.3 is 0 Å². The van der Waals surface area contributed by atoms with E-state index >= 15 is 0 Å². The molecule has 0 saturated heterocycles. The van der Waals surface area contributed by atoms with Crippen molar-refractivity contribution >= 4 is 0 Å². The quantitative estimate of drug-likeness (QED) is 0.577. The highest BCUT2D eigenvalue weighted by Gasteiger charge is 1.94. The lowest BCUT2D eigenvalue weighted by Crippen LogP contribution is -2.09. The highest BCUT2D eigenvalue weighted by Crippen LogP contribution is 1.87. The number of nitrogens with zero attached hydrogens (tertiary/aromatic N) is 3. The fourth-order valence-electron chi connectivity index (χ4n) is 0.670. The smallest absolute Gasteiger partial charge is 0.0986 e. The van der Waals surface area contributed by atoms with Gasteiger partial charge in [0.05, 0.1) is 11.9 Å². The van der Waals surface area contributed by atoms with Crippen LogP contribution in [0.4, 0.5) is 0 Å². The fraction of sp³-hybridized carbons (Fsp3) is 0.600. The molecule has 0 fully saturated rings. The van der Waals surface area contributed by atoms with Crippen LogP contribution in [0.15, 0.2) is 6.20 Å². The zero-order valence-corrected chi connectivity index (χ0v) is 6.13. The van der Waals surface area contributed by atoms with E-state index in [2.05, 4.69) is 21.1 Å². The lowest BCUT2D eigenvalue weighted by atomic mass is 10.5. The van der Waals surface area contributed by atoms with Crippen LogP contribution in [0.1, 0.15) is 5.69 Å². The van der Waals surface area contributed by atoms with Crippen LogP contribution in [0.3, 0.4) is 0 Å². The van der Waals surface area contributed by atoms with Gasteiger partial charge in [0.1, 0.15) is 0 Å². The molecule has 0 spiro atoms. The predicted molar refractivity (Wildman–Crippen MR) is 38.1 cm³/mol. The number of hydrogen-bond acceptors (Lipinski definition) is 4. The van der Waals surface area contributed by atoms with Crippen molar-refractivity contribution < 1.29 is 0 Å². The number of hydrogen-bond donors (Lipinski definition) is 2. The third-order valence-electron chi connectivity index (χ3n) is 1.13. The van der Waals surface area contributed by atoms with Gasteiger partial charge in [0.25, 0.3) is 0 Å². The Morgan fingerprint density at radius 1 is 1.60 bits per heavy atom. The number of rotatable bonds is 3. The topological polar surface area (TPSA) is 54.8 Å². The van der Waals surface area contributed by atoms with E-state index in [1.807, 2.05) is 13.2 Å². The van der Waals surface area contributed by atoms with Crippen molar-refractivity contribution in [3.8, 4) is 0 Å². The third kappa shape index (κ3) is 1.44. The zero-order valence-electron chi connectivity index (χ0n) is 6.13. The van der Waals surface area contributed by atoms with Crippen LogP contribution >= 0.6 is 0 Å². The first kappa shape index (κ1) is 7.01. The van der Waals surface area contributed by atoms with Gasteiger partial charge in [0.15, 0.2) is 0 Å². The summed E-state index contributed by atoms with van der Waals surface area (Å²) >= 11 is 0. The highest BCUT2D eigenvalue weighted by molar-refractivity contribution is 4.91. The molecule has 0 unspecified atom stereocenters. The maximum absolute atomic E-state index is 3.86. The van der Waals surface area contributed by atoms with E-state index in [4.69, 9.17) is 0 Å². The summed E-state index contributed by atoms with van der Waals surface area (Å²) in [6, 6.07) is 0. The summed E-state index contributed by atoms with van der Waals surface area (Å²) in [7, 11) is 3.66. The van der Waals surface area contributed by atoms with Gasteiger partial charge in [-0.2, -0.15) is 4.79 Å². The molecule has 0 saturated carbocycles. The van der Waals surface area contributed by atoms with Gasteiger partial charge < -0.3 is 10.7 Å². The molecule has 1 heterocycles. The van der Waals surface area contributed by atoms with Gasteiger partial charge in [-0.05, 0) is 12.3 Å². The lowest BCUT2D eigenvalue weighted by molar-refractivity contribution is 0.722. The summed E-state index contributed by atoms with van der Waals surface area (Å²) in [5, 5.41) is 10.6. The molecular formula is C5H11N5. The van der Waals surface area contributed by atoms with Crippen molar-refractivity contribution in [1.29, 1.82) is 0 Å². The van der Waals surface area contributed by atoms with Crippen molar-refractivity contribution in [1.82, 2.24) is 20.4 Å². The summed E-state index contributed by atoms with van der Waals surface area (Å²) in [4.78, 5) is 1.56. The molecule has 0 aliphatic carbocycles. The van der Waals surface area contributed by atoms with Crippen molar-refractivity contribution in [2.75, 3.05) is 19.5 Å². The average Bonchev–Trinajstić information content (AvgIpc) is 2.37. The van der Waals surface area contributed by atoms with E-state index < -0.39 is 0 Å². The van der Waals surface area contributed by atoms with E-state index in [0.717, 1.165) is 12.2 Å². The first-order valence-electron chi connectivity index (χ1n) is 3.10. The molecule has 0 radical (unpaired) electrons. The Kier molecular flexibility index (Phi) is 2.22. The minimum Gasteiger partial charge on any atom is -0.314 e. The molecule has 0 aromatic carbocycles. The average molecular weight is 141 g/mol. The molecule has 0 atom stereocenters. The Labute approximate surface area is 59.4 Å². The van der Waals surface area contributed by atoms with Gasteiger partial charge in [-0.15, -0.1) is 5.10 Å². The maximum atomic E-state index is 3.86. The molecule has 1 aromatic rings. The van der Waals surface area contributed by atoms with E-state index in [9.17, 15) is 0 Å². The molecule has 5 heteroatoms. The lowest BCUT2D eigenvalue weighted by Gasteiger charge is -1.92. The minimum absolute atomic E-state index is 0.752. The molecular weight excluding hydrogens is 130 g/mol. The number of aromatic nitrogens is 3. The summed E-state index contributed by atoms with van der Waals surface area (Å²) in [5.41, 5.74) is 3.75. The van der Waals surface area contributed by atoms with Gasteiger partial charge in [0.2, 0.25) is 0 Å². The maximum Gasteiger partial charge on any atom is 0.0986 e. The Bertz CT molecular complexity index is 194. The van der Waals surface area contributed by atoms with Crippen molar-refractivity contribution in [3.05, 3.63) is 11.9 Å². The molecule has 0 amide bonds. The predicted octanol–water partition coefficient (Wildman–Crippen LogP) is -0.829. The molecule has 10 heavy (non-hydrogen) atoms. The molecule has 0 bridgehead atoms. The van der Waals surface area contributed by atoms with Crippen LogP contribution in [0, 0.1) is 0 Å². The highest BCUT2D eigenvalue weighted by atomic mass is 15.6. The van der Waals surface area contributed by atoms with Crippen LogP contribution in [-0.2, 0) is 6.54 Å². The molecule has 56 valence electrons. The largest absolute Gasteiger partial charge is 0.314 e. The van der Waals surface area contributed by atoms with Gasteiger partial charge in [-0.25, -0.2) is 0 Å². The van der Waals surface area contributed by atoms with E-state index in [1.165, 1.54) is 0 Å². The van der Waals surface area contributed by atoms with Crippen molar-refractivity contribution in [2.24, 2.45) is 0 Å². The first-order valence-corrected chi connectivity index (χ1v) is 3.10. The second kappa shape index (κ2) is 3.17. The van der Waals surface area contributed by atoms with Crippen LogP contribution in [-0.4, -0.2) is 29.2 Å². The molecule has 1 rings (SSSR count). The van der Waals surface area contributed by atoms with Crippen LogP contribution < -0.4 is 10.7 Å². The third-order valence-corrected chi connectivity index (χ3v) is 1.13. The minimum atomic E-state index is 0.752. The van der Waals surface area contributed by atoms with Gasteiger partial charge in [0, 0.05) is 13.6 Å². The van der Waals surface area contributed by atoms with Gasteiger partial charge in [-0.3, -0.25) is 0 Å². The van der Waals surface area contributed by atoms with Crippen molar-refractivity contribution in [3.63, 3.8) is 0 Å². The number of nitrogens with one attached hydrogen (secondary N) is 2. The van der Waals surface area contributed by atoms with Gasteiger partial charge in [-0.1, -0.05) is 0 Å². The molecule has 5 nitrogen and oxygen atoms in total. The normalized spacial score (nSPS) is 9.80. The molecule has 2 N–H and O–H groups in total. The van der Waals surface area contributed by atoms with Crippen LogP contribution in [0.2, 0.25) is 0 Å². The standard InChI is InChI=1S/C5H11N5/c1-6-3-5-4-10(7-2)9-8-5/h4,6-7H,3H2,1-2H3. The Hall–Kier alpha value is -1.10. The molecule has 0 aliphatic heterocycles. The summed E-state index contributed by atoms with van der Waals surface area (Å²) in [5.74, 6) is 0.